The summed E-state index contributed by atoms with van der Waals surface area (Å²) < 4.78 is 16.1. The molecule has 0 saturated carbocycles. The third kappa shape index (κ3) is 3.27. The maximum absolute atomic E-state index is 9.65. The van der Waals surface area contributed by atoms with E-state index in [1.807, 2.05) is 13.8 Å². The van der Waals surface area contributed by atoms with E-state index in [1.54, 1.807) is 33.3 Å². The summed E-state index contributed by atoms with van der Waals surface area (Å²) in [5.74, 6) is 1.80. The van der Waals surface area contributed by atoms with E-state index in [2.05, 4.69) is 0 Å². The lowest BCUT2D eigenvalue weighted by Gasteiger charge is -2.18. The van der Waals surface area contributed by atoms with Crippen molar-refractivity contribution in [2.45, 2.75) is 33.0 Å². The van der Waals surface area contributed by atoms with Gasteiger partial charge in [-0.1, -0.05) is 0 Å². The zero-order chi connectivity index (χ0) is 13.0. The number of ether oxygens (including phenoxy) is 3. The van der Waals surface area contributed by atoms with Gasteiger partial charge in [0.1, 0.15) is 5.75 Å². The van der Waals surface area contributed by atoms with Gasteiger partial charge in [-0.15, -0.1) is 0 Å². The van der Waals surface area contributed by atoms with Gasteiger partial charge >= 0.3 is 0 Å². The molecule has 0 heterocycles. The Balaban J connectivity index is 3.22. The minimum atomic E-state index is -0.619. The van der Waals surface area contributed by atoms with Gasteiger partial charge in [-0.3, -0.25) is 0 Å². The fraction of sp³-hybridized carbons (Fsp3) is 0.538. The molecule has 0 aromatic heterocycles. The van der Waals surface area contributed by atoms with E-state index in [9.17, 15) is 5.11 Å². The van der Waals surface area contributed by atoms with Gasteiger partial charge < -0.3 is 19.3 Å². The normalized spacial score (nSPS) is 12.4. The second-order valence-electron chi connectivity index (χ2n) is 4.09. The summed E-state index contributed by atoms with van der Waals surface area (Å²) in [6, 6.07) is 3.47. The van der Waals surface area contributed by atoms with Crippen LogP contribution in [0.5, 0.6) is 17.2 Å². The molecule has 1 aromatic carbocycles. The number of hydrogen-bond acceptors (Lipinski definition) is 4. The van der Waals surface area contributed by atoms with Crippen LogP contribution in [0.1, 0.15) is 32.4 Å². The van der Waals surface area contributed by atoms with Gasteiger partial charge in [-0.05, 0) is 26.8 Å². The van der Waals surface area contributed by atoms with Gasteiger partial charge in [-0.25, -0.2) is 0 Å². The van der Waals surface area contributed by atoms with Gasteiger partial charge in [0.05, 0.1) is 26.4 Å². The molecule has 4 nitrogen and oxygen atoms in total. The molecule has 4 heteroatoms. The highest BCUT2D eigenvalue weighted by atomic mass is 16.5. The van der Waals surface area contributed by atoms with E-state index < -0.39 is 6.10 Å². The highest BCUT2D eigenvalue weighted by Gasteiger charge is 2.16. The Bertz CT molecular complexity index is 372. The van der Waals surface area contributed by atoms with Crippen molar-refractivity contribution < 1.29 is 19.3 Å². The first-order valence-electron chi connectivity index (χ1n) is 5.60. The SMILES string of the molecule is COc1cc(C(C)O)c(OC)cc1OC(C)C. The maximum Gasteiger partial charge on any atom is 0.165 e. The average Bonchev–Trinajstić information content (AvgIpc) is 2.27. The number of hydrogen-bond donors (Lipinski definition) is 1. The summed E-state index contributed by atoms with van der Waals surface area (Å²) in [6.07, 6.45) is -0.571. The van der Waals surface area contributed by atoms with Gasteiger partial charge in [0.25, 0.3) is 0 Å². The molecule has 1 atom stereocenters. The van der Waals surface area contributed by atoms with Gasteiger partial charge in [-0.2, -0.15) is 0 Å². The summed E-state index contributed by atoms with van der Waals surface area (Å²) in [6.45, 7) is 5.56. The van der Waals surface area contributed by atoms with E-state index in [1.165, 1.54) is 0 Å². The summed E-state index contributed by atoms with van der Waals surface area (Å²) in [5.41, 5.74) is 0.681. The van der Waals surface area contributed by atoms with Crippen LogP contribution in [0.3, 0.4) is 0 Å². The van der Waals surface area contributed by atoms with Crippen LogP contribution in [0.25, 0.3) is 0 Å². The van der Waals surface area contributed by atoms with Crippen molar-refractivity contribution in [2.24, 2.45) is 0 Å². The number of aliphatic hydroxyl groups is 1. The second kappa shape index (κ2) is 5.77. The molecule has 0 radical (unpaired) electrons. The molecule has 0 aliphatic rings. The molecule has 1 aromatic rings. The molecule has 0 aliphatic heterocycles. The van der Waals surface area contributed by atoms with Crippen LogP contribution >= 0.6 is 0 Å². The predicted molar refractivity (Wildman–Crippen MR) is 65.9 cm³/mol. The molecule has 96 valence electrons. The van der Waals surface area contributed by atoms with E-state index in [4.69, 9.17) is 14.2 Å². The van der Waals surface area contributed by atoms with Gasteiger partial charge in [0.2, 0.25) is 0 Å². The van der Waals surface area contributed by atoms with Crippen LogP contribution in [-0.4, -0.2) is 25.4 Å². The number of aliphatic hydroxyl groups excluding tert-OH is 1. The van der Waals surface area contributed by atoms with Crippen LogP contribution in [0.2, 0.25) is 0 Å². The maximum atomic E-state index is 9.65. The molecule has 1 rings (SSSR count). The fourth-order valence-corrected chi connectivity index (χ4v) is 1.57. The Kier molecular flexibility index (Phi) is 4.63. The molecule has 17 heavy (non-hydrogen) atoms. The van der Waals surface area contributed by atoms with Crippen LogP contribution in [0.15, 0.2) is 12.1 Å². The Labute approximate surface area is 102 Å². The zero-order valence-electron chi connectivity index (χ0n) is 11.0. The van der Waals surface area contributed by atoms with E-state index in [-0.39, 0.29) is 6.10 Å². The smallest absolute Gasteiger partial charge is 0.165 e. The van der Waals surface area contributed by atoms with Crippen LogP contribution < -0.4 is 14.2 Å². The summed E-state index contributed by atoms with van der Waals surface area (Å²) in [5, 5.41) is 9.65. The monoisotopic (exact) mass is 240 g/mol. The first-order chi connectivity index (χ1) is 7.99. The highest BCUT2D eigenvalue weighted by Crippen LogP contribution is 2.37. The summed E-state index contributed by atoms with van der Waals surface area (Å²) in [4.78, 5) is 0. The average molecular weight is 240 g/mol. The first-order valence-corrected chi connectivity index (χ1v) is 5.60. The third-order valence-electron chi connectivity index (χ3n) is 2.33. The van der Waals surface area contributed by atoms with Crippen molar-refractivity contribution in [3.05, 3.63) is 17.7 Å². The molecular weight excluding hydrogens is 220 g/mol. The van der Waals surface area contributed by atoms with Crippen molar-refractivity contribution in [1.82, 2.24) is 0 Å². The molecule has 1 N–H and O–H groups in total. The first kappa shape index (κ1) is 13.6. The van der Waals surface area contributed by atoms with Crippen molar-refractivity contribution in [3.8, 4) is 17.2 Å². The summed E-state index contributed by atoms with van der Waals surface area (Å²) in [7, 11) is 3.13. The summed E-state index contributed by atoms with van der Waals surface area (Å²) >= 11 is 0. The lowest BCUT2D eigenvalue weighted by atomic mass is 10.1. The van der Waals surface area contributed by atoms with Crippen molar-refractivity contribution in [1.29, 1.82) is 0 Å². The topological polar surface area (TPSA) is 47.9 Å². The molecular formula is C13H20O4. The largest absolute Gasteiger partial charge is 0.496 e. The van der Waals surface area contributed by atoms with Crippen LogP contribution in [0.4, 0.5) is 0 Å². The molecule has 0 spiro atoms. The highest BCUT2D eigenvalue weighted by molar-refractivity contribution is 5.51. The Morgan fingerprint density at radius 3 is 1.94 bits per heavy atom. The number of rotatable bonds is 5. The predicted octanol–water partition coefficient (Wildman–Crippen LogP) is 2.54. The lowest BCUT2D eigenvalue weighted by molar-refractivity contribution is 0.192. The molecule has 0 saturated heterocycles. The Morgan fingerprint density at radius 1 is 0.941 bits per heavy atom. The van der Waals surface area contributed by atoms with E-state index in [0.717, 1.165) is 0 Å². The van der Waals surface area contributed by atoms with Gasteiger partial charge in [0, 0.05) is 11.6 Å². The lowest BCUT2D eigenvalue weighted by Crippen LogP contribution is -2.08. The fourth-order valence-electron chi connectivity index (χ4n) is 1.57. The van der Waals surface area contributed by atoms with Crippen molar-refractivity contribution in [3.63, 3.8) is 0 Å². The van der Waals surface area contributed by atoms with E-state index in [0.29, 0.717) is 22.8 Å². The quantitative estimate of drug-likeness (QED) is 0.859. The number of benzene rings is 1. The van der Waals surface area contributed by atoms with Crippen molar-refractivity contribution >= 4 is 0 Å². The number of methoxy groups -OCH3 is 2. The minimum Gasteiger partial charge on any atom is -0.496 e. The molecule has 0 amide bonds. The molecule has 0 aliphatic carbocycles. The third-order valence-corrected chi connectivity index (χ3v) is 2.33. The molecule has 0 fully saturated rings. The Morgan fingerprint density at radius 2 is 1.53 bits per heavy atom. The minimum absolute atomic E-state index is 0.0472. The van der Waals surface area contributed by atoms with E-state index >= 15 is 0 Å². The van der Waals surface area contributed by atoms with Crippen LogP contribution in [0, 0.1) is 0 Å². The Hall–Kier alpha value is -1.42. The van der Waals surface area contributed by atoms with Gasteiger partial charge in [0.15, 0.2) is 11.5 Å². The molecule has 1 unspecified atom stereocenters. The standard InChI is InChI=1S/C13H20O4/c1-8(2)17-13-7-11(15-4)10(9(3)14)6-12(13)16-5/h6-9,14H,1-5H3. The van der Waals surface area contributed by atoms with Crippen LogP contribution in [-0.2, 0) is 0 Å². The second-order valence-corrected chi connectivity index (χ2v) is 4.09. The molecule has 0 bridgehead atoms. The van der Waals surface area contributed by atoms with Crippen molar-refractivity contribution in [2.75, 3.05) is 14.2 Å². The zero-order valence-corrected chi connectivity index (χ0v) is 11.0.